The molecule has 0 saturated heterocycles. The van der Waals surface area contributed by atoms with Gasteiger partial charge in [-0.05, 0) is 48.5 Å². The molecule has 0 aliphatic carbocycles. The van der Waals surface area contributed by atoms with Gasteiger partial charge in [-0.15, -0.1) is 0 Å². The minimum Gasteiger partial charge on any atom is -0.456 e. The summed E-state index contributed by atoms with van der Waals surface area (Å²) in [6.07, 6.45) is 0. The third-order valence-corrected chi connectivity index (χ3v) is 10.1. The number of nitrogens with zero attached hydrogens (tertiary/aromatic N) is 4. The van der Waals surface area contributed by atoms with E-state index in [4.69, 9.17) is 14.4 Å². The van der Waals surface area contributed by atoms with Crippen molar-refractivity contribution >= 4 is 65.6 Å². The molecule has 0 amide bonds. The van der Waals surface area contributed by atoms with Crippen molar-refractivity contribution in [1.29, 1.82) is 0 Å². The summed E-state index contributed by atoms with van der Waals surface area (Å²) in [5.74, 6) is 0.606. The van der Waals surface area contributed by atoms with E-state index >= 15 is 0 Å². The molecule has 5 nitrogen and oxygen atoms in total. The number of rotatable bonds is 4. The van der Waals surface area contributed by atoms with Crippen LogP contribution in [0.1, 0.15) is 0 Å². The number of hydrogen-bond donors (Lipinski definition) is 0. The Morgan fingerprint density at radius 2 is 0.980 bits per heavy atom. The number of benzene rings is 7. The maximum absolute atomic E-state index is 6.50. The highest BCUT2D eigenvalue weighted by atomic mass is 16.3. The number of para-hydroxylation sites is 3. The third kappa shape index (κ3) is 4.09. The maximum Gasteiger partial charge on any atom is 0.235 e. The second-order valence-electron chi connectivity index (χ2n) is 13.0. The Morgan fingerprint density at radius 3 is 1.71 bits per heavy atom. The van der Waals surface area contributed by atoms with Crippen LogP contribution in [0.25, 0.3) is 99.7 Å². The maximum atomic E-state index is 6.50. The highest BCUT2D eigenvalue weighted by Crippen LogP contribution is 2.45. The van der Waals surface area contributed by atoms with Crippen LogP contribution in [0.5, 0.6) is 0 Å². The monoisotopic (exact) mass is 652 g/mol. The van der Waals surface area contributed by atoms with E-state index < -0.39 is 0 Å². The first kappa shape index (κ1) is 27.9. The molecule has 7 aromatic carbocycles. The average Bonchev–Trinajstić information content (AvgIpc) is 3.86. The summed E-state index contributed by atoms with van der Waals surface area (Å²) >= 11 is 0. The number of hydrogen-bond acceptors (Lipinski definition) is 3. The lowest BCUT2D eigenvalue weighted by Gasteiger charge is -2.12. The van der Waals surface area contributed by atoms with Gasteiger partial charge in [0.2, 0.25) is 5.95 Å². The number of aromatic nitrogens is 4. The van der Waals surface area contributed by atoms with Crippen molar-refractivity contribution in [3.63, 3.8) is 0 Å². The van der Waals surface area contributed by atoms with Gasteiger partial charge < -0.3 is 8.98 Å². The average molecular weight is 653 g/mol. The zero-order chi connectivity index (χ0) is 33.5. The highest BCUT2D eigenvalue weighted by molar-refractivity contribution is 6.31. The molecule has 0 atom stereocenters. The van der Waals surface area contributed by atoms with Gasteiger partial charge in [-0.1, -0.05) is 121 Å². The van der Waals surface area contributed by atoms with Crippen molar-refractivity contribution in [3.8, 4) is 34.2 Å². The molecule has 0 unspecified atom stereocenters. The van der Waals surface area contributed by atoms with Crippen LogP contribution in [0, 0.1) is 0 Å². The molecule has 0 saturated carbocycles. The van der Waals surface area contributed by atoms with Gasteiger partial charge in [-0.3, -0.25) is 4.57 Å². The van der Waals surface area contributed by atoms with Gasteiger partial charge >= 0.3 is 0 Å². The fourth-order valence-electron chi connectivity index (χ4n) is 7.95. The zero-order valence-corrected chi connectivity index (χ0v) is 27.4. The van der Waals surface area contributed by atoms with Crippen molar-refractivity contribution in [3.05, 3.63) is 170 Å². The van der Waals surface area contributed by atoms with Gasteiger partial charge in [0.1, 0.15) is 11.2 Å². The minimum absolute atomic E-state index is 0.606. The van der Waals surface area contributed by atoms with Crippen LogP contribution in [0.4, 0.5) is 0 Å². The normalized spacial score (nSPS) is 11.9. The van der Waals surface area contributed by atoms with E-state index in [0.717, 1.165) is 83.0 Å². The summed E-state index contributed by atoms with van der Waals surface area (Å²) in [6.45, 7) is 0. The predicted octanol–water partition coefficient (Wildman–Crippen LogP) is 11.9. The summed E-state index contributed by atoms with van der Waals surface area (Å²) in [7, 11) is 0. The molecule has 0 bridgehead atoms. The molecule has 0 spiro atoms. The quantitative estimate of drug-likeness (QED) is 0.190. The molecule has 51 heavy (non-hydrogen) atoms. The first-order valence-electron chi connectivity index (χ1n) is 17.2. The Kier molecular flexibility index (Phi) is 5.89. The lowest BCUT2D eigenvalue weighted by Crippen LogP contribution is -2.04. The molecule has 0 N–H and O–H groups in total. The topological polar surface area (TPSA) is 48.8 Å². The van der Waals surface area contributed by atoms with Gasteiger partial charge in [-0.25, -0.2) is 9.97 Å². The van der Waals surface area contributed by atoms with Crippen LogP contribution in [-0.2, 0) is 0 Å². The van der Waals surface area contributed by atoms with Gasteiger partial charge in [0.15, 0.2) is 0 Å². The van der Waals surface area contributed by atoms with Crippen LogP contribution in [0.15, 0.2) is 174 Å². The second kappa shape index (κ2) is 10.8. The van der Waals surface area contributed by atoms with Crippen LogP contribution in [-0.4, -0.2) is 19.1 Å². The standard InChI is InChI=1S/C46H28N4O/c1-4-14-29(15-5-1)36-28-37(30-16-6-2-7-17-30)48-46(47-36)50-39-26-24-33-32-20-10-12-22-38(32)49(31-18-8-3-9-19-31)44(33)42(39)35-25-27-41-43(45(35)50)34-21-11-13-23-40(34)51-41/h1-28H. The van der Waals surface area contributed by atoms with Gasteiger partial charge in [0.25, 0.3) is 0 Å². The molecule has 0 fully saturated rings. The fourth-order valence-corrected chi connectivity index (χ4v) is 7.95. The Bertz CT molecular complexity index is 3060. The van der Waals surface area contributed by atoms with E-state index in [1.54, 1.807) is 0 Å². The molecular weight excluding hydrogens is 625 g/mol. The third-order valence-electron chi connectivity index (χ3n) is 10.1. The van der Waals surface area contributed by atoms with E-state index in [-0.39, 0.29) is 0 Å². The molecule has 238 valence electrons. The van der Waals surface area contributed by atoms with Crippen LogP contribution < -0.4 is 0 Å². The van der Waals surface area contributed by atoms with Crippen molar-refractivity contribution in [2.24, 2.45) is 0 Å². The van der Waals surface area contributed by atoms with Crippen LogP contribution >= 0.6 is 0 Å². The lowest BCUT2D eigenvalue weighted by molar-refractivity contribution is 0.669. The molecule has 0 aliphatic heterocycles. The molecule has 4 aromatic heterocycles. The van der Waals surface area contributed by atoms with E-state index in [1.807, 2.05) is 24.3 Å². The molecule has 0 radical (unpaired) electrons. The Labute approximate surface area is 292 Å². The second-order valence-corrected chi connectivity index (χ2v) is 13.0. The summed E-state index contributed by atoms with van der Waals surface area (Å²) < 4.78 is 11.2. The summed E-state index contributed by atoms with van der Waals surface area (Å²) in [5, 5.41) is 6.77. The fraction of sp³-hybridized carbons (Fsp3) is 0. The molecule has 5 heteroatoms. The first-order chi connectivity index (χ1) is 25.3. The zero-order valence-electron chi connectivity index (χ0n) is 27.4. The minimum atomic E-state index is 0.606. The summed E-state index contributed by atoms with van der Waals surface area (Å²) in [5.41, 5.74) is 10.9. The SMILES string of the molecule is c1ccc(-c2cc(-c3ccccc3)nc(-n3c4ccc5c6ccccc6n(-c6ccccc6)c5c4c4ccc5oc6ccccc6c5c43)n2)cc1. The van der Waals surface area contributed by atoms with Crippen molar-refractivity contribution in [1.82, 2.24) is 19.1 Å². The van der Waals surface area contributed by atoms with E-state index in [1.165, 1.54) is 10.8 Å². The molecule has 11 aromatic rings. The predicted molar refractivity (Wildman–Crippen MR) is 209 cm³/mol. The Morgan fingerprint density at radius 1 is 0.392 bits per heavy atom. The Hall–Kier alpha value is -6.98. The summed E-state index contributed by atoms with van der Waals surface area (Å²) in [4.78, 5) is 10.7. The van der Waals surface area contributed by atoms with Crippen molar-refractivity contribution in [2.75, 3.05) is 0 Å². The van der Waals surface area contributed by atoms with Crippen molar-refractivity contribution in [2.45, 2.75) is 0 Å². The number of fused-ring (bicyclic) bond motifs is 11. The Balaban J connectivity index is 1.37. The van der Waals surface area contributed by atoms with E-state index in [9.17, 15) is 0 Å². The van der Waals surface area contributed by atoms with Crippen molar-refractivity contribution < 1.29 is 4.42 Å². The largest absolute Gasteiger partial charge is 0.456 e. The van der Waals surface area contributed by atoms with Gasteiger partial charge in [-0.2, -0.15) is 0 Å². The van der Waals surface area contributed by atoms with Crippen LogP contribution in [0.3, 0.4) is 0 Å². The van der Waals surface area contributed by atoms with E-state index in [2.05, 4.69) is 155 Å². The molecular formula is C46H28N4O. The summed E-state index contributed by atoms with van der Waals surface area (Å²) in [6, 6.07) is 59.3. The smallest absolute Gasteiger partial charge is 0.235 e. The number of furan rings is 1. The van der Waals surface area contributed by atoms with Crippen LogP contribution in [0.2, 0.25) is 0 Å². The lowest BCUT2D eigenvalue weighted by atomic mass is 10.1. The highest BCUT2D eigenvalue weighted by Gasteiger charge is 2.25. The van der Waals surface area contributed by atoms with Gasteiger partial charge in [0, 0.05) is 43.7 Å². The first-order valence-corrected chi connectivity index (χ1v) is 17.2. The molecule has 0 aliphatic rings. The molecule has 11 rings (SSSR count). The van der Waals surface area contributed by atoms with E-state index in [0.29, 0.717) is 5.95 Å². The molecule has 4 heterocycles. The van der Waals surface area contributed by atoms with Gasteiger partial charge in [0.05, 0.1) is 38.8 Å².